The highest BCUT2D eigenvalue weighted by Crippen LogP contribution is 2.36. The summed E-state index contributed by atoms with van der Waals surface area (Å²) in [6.45, 7) is 10.2. The Morgan fingerprint density at radius 1 is 1.17 bits per heavy atom. The van der Waals surface area contributed by atoms with Crippen LogP contribution in [0.4, 0.5) is 0 Å². The van der Waals surface area contributed by atoms with E-state index in [1.807, 2.05) is 18.2 Å². The molecule has 2 saturated heterocycles. The van der Waals surface area contributed by atoms with Gasteiger partial charge >= 0.3 is 0 Å². The van der Waals surface area contributed by atoms with Crippen molar-refractivity contribution >= 4 is 16.8 Å². The molecular formula is C28H42N4O3. The number of carbonyl (C=O) groups excluding carboxylic acids is 1. The largest absolute Gasteiger partial charge is 0.493 e. The van der Waals surface area contributed by atoms with Crippen molar-refractivity contribution in [3.05, 3.63) is 30.0 Å². The number of primary amides is 1. The molecule has 3 fully saturated rings. The third-order valence-corrected chi connectivity index (χ3v) is 8.75. The smallest absolute Gasteiger partial charge is 0.265 e. The number of nitrogens with two attached hydrogens (primary N) is 1. The summed E-state index contributed by atoms with van der Waals surface area (Å²) in [5.74, 6) is 1.49. The first-order chi connectivity index (χ1) is 16.9. The zero-order valence-corrected chi connectivity index (χ0v) is 21.4. The first-order valence-corrected chi connectivity index (χ1v) is 13.6. The quantitative estimate of drug-likeness (QED) is 0.600. The normalized spacial score (nSPS) is 26.0. The first kappa shape index (κ1) is 24.6. The van der Waals surface area contributed by atoms with Crippen LogP contribution in [0.25, 0.3) is 10.9 Å². The molecule has 7 heteroatoms. The second kappa shape index (κ2) is 10.5. The summed E-state index contributed by atoms with van der Waals surface area (Å²) in [4.78, 5) is 17.5. The lowest BCUT2D eigenvalue weighted by Crippen LogP contribution is -2.50. The Balaban J connectivity index is 1.26. The zero-order chi connectivity index (χ0) is 24.5. The number of fused-ring (bicyclic) bond motifs is 1. The van der Waals surface area contributed by atoms with Gasteiger partial charge in [-0.15, -0.1) is 0 Å². The molecule has 1 aromatic carbocycles. The fourth-order valence-electron chi connectivity index (χ4n) is 6.21. The molecule has 3 aliphatic rings. The number of benzene rings is 1. The molecule has 2 aliphatic heterocycles. The highest BCUT2D eigenvalue weighted by molar-refractivity contribution is 5.99. The minimum absolute atomic E-state index is 0.158. The number of hydrogen-bond donors (Lipinski definition) is 2. The third-order valence-electron chi connectivity index (χ3n) is 8.75. The van der Waals surface area contributed by atoms with Crippen molar-refractivity contribution in [3.63, 3.8) is 0 Å². The van der Waals surface area contributed by atoms with E-state index in [4.69, 9.17) is 10.5 Å². The van der Waals surface area contributed by atoms with Crippen molar-refractivity contribution in [2.75, 3.05) is 39.3 Å². The Labute approximate surface area is 209 Å². The summed E-state index contributed by atoms with van der Waals surface area (Å²) in [6.07, 6.45) is 6.51. The third kappa shape index (κ3) is 5.23. The van der Waals surface area contributed by atoms with Crippen molar-refractivity contribution in [2.24, 2.45) is 17.6 Å². The molecule has 1 aliphatic carbocycles. The highest BCUT2D eigenvalue weighted by atomic mass is 16.5. The van der Waals surface area contributed by atoms with Crippen LogP contribution in [0.1, 0.15) is 68.9 Å². The Kier molecular flexibility index (Phi) is 7.37. The first-order valence-electron chi connectivity index (χ1n) is 13.6. The molecule has 1 aromatic heterocycles. The lowest BCUT2D eigenvalue weighted by Gasteiger charge is -2.41. The number of rotatable bonds is 8. The van der Waals surface area contributed by atoms with E-state index in [9.17, 15) is 9.90 Å². The van der Waals surface area contributed by atoms with Gasteiger partial charge in [0.15, 0.2) is 0 Å². The molecule has 192 valence electrons. The topological polar surface area (TPSA) is 84.0 Å². The van der Waals surface area contributed by atoms with Gasteiger partial charge in [-0.05, 0) is 69.1 Å². The summed E-state index contributed by atoms with van der Waals surface area (Å²) in [5, 5.41) is 11.1. The number of nitrogens with zero attached hydrogens (tertiary/aromatic N) is 3. The Morgan fingerprint density at radius 2 is 1.94 bits per heavy atom. The van der Waals surface area contributed by atoms with Gasteiger partial charge in [-0.3, -0.25) is 9.69 Å². The molecule has 3 atom stereocenters. The average molecular weight is 483 g/mol. The number of piperidine rings is 2. The minimum Gasteiger partial charge on any atom is -0.493 e. The van der Waals surface area contributed by atoms with Gasteiger partial charge in [-0.25, -0.2) is 0 Å². The minimum atomic E-state index is -0.372. The SMILES string of the molecule is C[C@@H]1CN([C@@H](C)CN2CCC(n3c(C(N)=O)cc4c(OCC5CCC5)cccc43)CC2)CC[C@H]1O. The van der Waals surface area contributed by atoms with Gasteiger partial charge in [-0.1, -0.05) is 19.4 Å². The van der Waals surface area contributed by atoms with Crippen molar-refractivity contribution in [3.8, 4) is 5.75 Å². The van der Waals surface area contributed by atoms with Gasteiger partial charge in [0, 0.05) is 50.2 Å². The van der Waals surface area contributed by atoms with Crippen LogP contribution in [-0.2, 0) is 0 Å². The Morgan fingerprint density at radius 3 is 2.60 bits per heavy atom. The maximum absolute atomic E-state index is 12.4. The van der Waals surface area contributed by atoms with Crippen LogP contribution in [0.2, 0.25) is 0 Å². The molecular weight excluding hydrogens is 440 g/mol. The van der Waals surface area contributed by atoms with E-state index in [0.29, 0.717) is 23.6 Å². The molecule has 1 saturated carbocycles. The van der Waals surface area contributed by atoms with Gasteiger partial charge < -0.3 is 25.0 Å². The van der Waals surface area contributed by atoms with Crippen LogP contribution in [0, 0.1) is 11.8 Å². The predicted molar refractivity (Wildman–Crippen MR) is 139 cm³/mol. The number of aliphatic hydroxyl groups excluding tert-OH is 1. The van der Waals surface area contributed by atoms with E-state index in [2.05, 4.69) is 34.3 Å². The molecule has 1 amide bonds. The number of carbonyl (C=O) groups is 1. The summed E-state index contributed by atoms with van der Waals surface area (Å²) >= 11 is 0. The van der Waals surface area contributed by atoms with E-state index in [1.54, 1.807) is 0 Å². The van der Waals surface area contributed by atoms with Gasteiger partial charge in [0.1, 0.15) is 11.4 Å². The zero-order valence-electron chi connectivity index (χ0n) is 21.4. The van der Waals surface area contributed by atoms with Crippen LogP contribution in [0.5, 0.6) is 5.75 Å². The van der Waals surface area contributed by atoms with Crippen LogP contribution in [0.15, 0.2) is 24.3 Å². The van der Waals surface area contributed by atoms with Gasteiger partial charge in [0.25, 0.3) is 5.91 Å². The van der Waals surface area contributed by atoms with Crippen molar-refractivity contribution < 1.29 is 14.6 Å². The van der Waals surface area contributed by atoms with Crippen molar-refractivity contribution in [1.29, 1.82) is 0 Å². The Bertz CT molecular complexity index is 1020. The summed E-state index contributed by atoms with van der Waals surface area (Å²) in [6, 6.07) is 8.82. The number of aliphatic hydroxyl groups is 1. The molecule has 35 heavy (non-hydrogen) atoms. The maximum Gasteiger partial charge on any atom is 0.265 e. The van der Waals surface area contributed by atoms with Crippen LogP contribution in [-0.4, -0.2) is 76.9 Å². The van der Waals surface area contributed by atoms with Gasteiger partial charge in [-0.2, -0.15) is 0 Å². The van der Waals surface area contributed by atoms with Crippen molar-refractivity contribution in [1.82, 2.24) is 14.4 Å². The molecule has 3 N–H and O–H groups in total. The Hall–Kier alpha value is -2.09. The lowest BCUT2D eigenvalue weighted by molar-refractivity contribution is 0.0112. The van der Waals surface area contributed by atoms with Crippen LogP contribution >= 0.6 is 0 Å². The summed E-state index contributed by atoms with van der Waals surface area (Å²) < 4.78 is 8.38. The maximum atomic E-state index is 12.4. The predicted octanol–water partition coefficient (Wildman–Crippen LogP) is 3.65. The number of ether oxygens (including phenoxy) is 1. The van der Waals surface area contributed by atoms with E-state index in [0.717, 1.165) is 75.2 Å². The van der Waals surface area contributed by atoms with E-state index >= 15 is 0 Å². The molecule has 2 aromatic rings. The molecule has 3 heterocycles. The second-order valence-corrected chi connectivity index (χ2v) is 11.3. The fraction of sp³-hybridized carbons (Fsp3) is 0.679. The van der Waals surface area contributed by atoms with Crippen molar-refractivity contribution in [2.45, 2.75) is 70.6 Å². The van der Waals surface area contributed by atoms with Gasteiger partial charge in [0.05, 0.1) is 18.2 Å². The highest BCUT2D eigenvalue weighted by Gasteiger charge is 2.30. The standard InChI is InChI=1S/C28H42N4O3/c1-19-16-31(14-11-26(19)33)20(2)17-30-12-9-22(10-13-30)32-24-7-4-8-27(35-18-21-5-3-6-21)23(24)15-25(32)28(29)34/h4,7-8,15,19-22,26,33H,3,5-6,9-14,16-18H2,1-2H3,(H2,29,34)/t19-,20+,26-/m1/s1. The average Bonchev–Trinajstić information content (AvgIpc) is 3.21. The summed E-state index contributed by atoms with van der Waals surface area (Å²) in [5.41, 5.74) is 7.49. The van der Waals surface area contributed by atoms with E-state index in [1.165, 1.54) is 19.3 Å². The number of hydrogen-bond acceptors (Lipinski definition) is 5. The fourth-order valence-corrected chi connectivity index (χ4v) is 6.21. The van der Waals surface area contributed by atoms with Gasteiger partial charge in [0.2, 0.25) is 0 Å². The molecule has 5 rings (SSSR count). The molecule has 0 spiro atoms. The molecule has 0 radical (unpaired) electrons. The number of aromatic nitrogens is 1. The van der Waals surface area contributed by atoms with Crippen LogP contribution in [0.3, 0.4) is 0 Å². The summed E-state index contributed by atoms with van der Waals surface area (Å²) in [7, 11) is 0. The molecule has 0 unspecified atom stereocenters. The lowest BCUT2D eigenvalue weighted by atomic mass is 9.86. The number of amides is 1. The van der Waals surface area contributed by atoms with E-state index < -0.39 is 0 Å². The second-order valence-electron chi connectivity index (χ2n) is 11.3. The molecule has 0 bridgehead atoms. The monoisotopic (exact) mass is 482 g/mol. The van der Waals surface area contributed by atoms with E-state index in [-0.39, 0.29) is 18.1 Å². The van der Waals surface area contributed by atoms with Crippen LogP contribution < -0.4 is 10.5 Å². The molecule has 7 nitrogen and oxygen atoms in total. The number of likely N-dealkylation sites (tertiary alicyclic amines) is 2.